The second kappa shape index (κ2) is 7.79. The molecule has 0 saturated carbocycles. The molecule has 2 aromatic carbocycles. The molecule has 0 aliphatic heterocycles. The molecule has 0 aliphatic carbocycles. The Kier molecular flexibility index (Phi) is 5.73. The van der Waals surface area contributed by atoms with Crippen LogP contribution in [-0.2, 0) is 6.18 Å². The van der Waals surface area contributed by atoms with Crippen LogP contribution in [0.15, 0.2) is 47.6 Å². The number of hydroxylamine groups is 1. The predicted molar refractivity (Wildman–Crippen MR) is 86.9 cm³/mol. The van der Waals surface area contributed by atoms with E-state index >= 15 is 0 Å². The minimum absolute atomic E-state index is 0.213. The number of carbonyl (C=O) groups excluding carboxylic acids is 2. The molecule has 0 spiro atoms. The molecule has 3 N–H and O–H groups in total. The summed E-state index contributed by atoms with van der Waals surface area (Å²) in [5.41, 5.74) is 3.31. The van der Waals surface area contributed by atoms with Crippen molar-refractivity contribution in [3.8, 4) is 0 Å². The number of rotatable bonds is 4. The number of benzene rings is 2. The van der Waals surface area contributed by atoms with Crippen LogP contribution in [0.3, 0.4) is 0 Å². The van der Waals surface area contributed by atoms with Crippen LogP contribution in [0.1, 0.15) is 37.4 Å². The molecule has 2 aromatic rings. The smallest absolute Gasteiger partial charge is 0.288 e. The molecule has 0 heterocycles. The molecule has 0 bridgehead atoms. The highest BCUT2D eigenvalue weighted by molar-refractivity contribution is 5.97. The van der Waals surface area contributed by atoms with E-state index in [4.69, 9.17) is 5.21 Å². The van der Waals surface area contributed by atoms with Gasteiger partial charge >= 0.3 is 6.18 Å². The summed E-state index contributed by atoms with van der Waals surface area (Å²) in [6.07, 6.45) is -3.42. The van der Waals surface area contributed by atoms with Gasteiger partial charge in [0.2, 0.25) is 0 Å². The Balaban J connectivity index is 2.15. The third-order valence-corrected chi connectivity index (χ3v) is 3.48. The summed E-state index contributed by atoms with van der Waals surface area (Å²) in [5.74, 6) is -1.68. The number of aryl methyl sites for hydroxylation is 1. The van der Waals surface area contributed by atoms with Crippen molar-refractivity contribution in [2.75, 3.05) is 0 Å². The van der Waals surface area contributed by atoms with Crippen molar-refractivity contribution in [3.05, 3.63) is 70.3 Å². The molecular formula is C17H14F3N3O3. The monoisotopic (exact) mass is 365 g/mol. The second-order valence-electron chi connectivity index (χ2n) is 5.25. The van der Waals surface area contributed by atoms with Crippen molar-refractivity contribution in [1.29, 1.82) is 0 Å². The first kappa shape index (κ1) is 19.1. The first-order chi connectivity index (χ1) is 12.2. The first-order valence-corrected chi connectivity index (χ1v) is 7.28. The van der Waals surface area contributed by atoms with E-state index in [1.54, 1.807) is 6.92 Å². The highest BCUT2D eigenvalue weighted by Gasteiger charge is 2.34. The molecule has 2 rings (SSSR count). The fraction of sp³-hybridized carbons (Fsp3) is 0.118. The van der Waals surface area contributed by atoms with Crippen LogP contribution in [-0.4, -0.2) is 23.2 Å². The predicted octanol–water partition coefficient (Wildman–Crippen LogP) is 2.90. The SMILES string of the molecule is Cc1cc(C(=O)NO)ccc1C=NNC(=O)c1ccccc1C(F)(F)F. The van der Waals surface area contributed by atoms with Crippen LogP contribution in [0.4, 0.5) is 13.2 Å². The van der Waals surface area contributed by atoms with Gasteiger partial charge in [0, 0.05) is 5.56 Å². The largest absolute Gasteiger partial charge is 0.417 e. The fourth-order valence-corrected chi connectivity index (χ4v) is 2.18. The highest BCUT2D eigenvalue weighted by atomic mass is 19.4. The molecule has 2 amide bonds. The van der Waals surface area contributed by atoms with Crippen molar-refractivity contribution in [3.63, 3.8) is 0 Å². The topological polar surface area (TPSA) is 90.8 Å². The zero-order chi connectivity index (χ0) is 19.3. The normalized spacial score (nSPS) is 11.4. The molecule has 0 atom stereocenters. The van der Waals surface area contributed by atoms with Crippen molar-refractivity contribution in [2.24, 2.45) is 5.10 Å². The van der Waals surface area contributed by atoms with Crippen LogP contribution in [0.5, 0.6) is 0 Å². The molecule has 0 aromatic heterocycles. The van der Waals surface area contributed by atoms with Crippen LogP contribution >= 0.6 is 0 Å². The molecule has 26 heavy (non-hydrogen) atoms. The zero-order valence-corrected chi connectivity index (χ0v) is 13.5. The third kappa shape index (κ3) is 4.45. The third-order valence-electron chi connectivity index (χ3n) is 3.48. The minimum Gasteiger partial charge on any atom is -0.288 e. The average molecular weight is 365 g/mol. The maximum Gasteiger partial charge on any atom is 0.417 e. The fourth-order valence-electron chi connectivity index (χ4n) is 2.18. The maximum atomic E-state index is 12.9. The summed E-state index contributed by atoms with van der Waals surface area (Å²) in [4.78, 5) is 23.3. The molecule has 0 saturated heterocycles. The summed E-state index contributed by atoms with van der Waals surface area (Å²) in [6, 6.07) is 8.79. The van der Waals surface area contributed by atoms with E-state index in [1.165, 1.54) is 42.0 Å². The molecule has 0 aliphatic rings. The van der Waals surface area contributed by atoms with Gasteiger partial charge in [0.25, 0.3) is 11.8 Å². The number of hydrogen-bond acceptors (Lipinski definition) is 4. The number of nitrogens with one attached hydrogen (secondary N) is 2. The van der Waals surface area contributed by atoms with Crippen molar-refractivity contribution in [1.82, 2.24) is 10.9 Å². The van der Waals surface area contributed by atoms with Crippen LogP contribution < -0.4 is 10.9 Å². The van der Waals surface area contributed by atoms with E-state index in [1.807, 2.05) is 5.43 Å². The lowest BCUT2D eigenvalue weighted by Gasteiger charge is -2.11. The molecule has 0 fully saturated rings. The Morgan fingerprint density at radius 3 is 2.42 bits per heavy atom. The zero-order valence-electron chi connectivity index (χ0n) is 13.5. The number of alkyl halides is 3. The minimum atomic E-state index is -4.66. The Labute approximate surface area is 146 Å². The first-order valence-electron chi connectivity index (χ1n) is 7.28. The van der Waals surface area contributed by atoms with Gasteiger partial charge in [0.15, 0.2) is 0 Å². The quantitative estimate of drug-likeness (QED) is 0.442. The van der Waals surface area contributed by atoms with E-state index in [0.29, 0.717) is 11.1 Å². The standard InChI is InChI=1S/C17H14F3N3O3/c1-10-8-11(15(24)23-26)6-7-12(10)9-21-22-16(25)13-4-2-3-5-14(13)17(18,19)20/h2-9,26H,1H3,(H,22,25)(H,23,24). The van der Waals surface area contributed by atoms with Gasteiger partial charge < -0.3 is 0 Å². The van der Waals surface area contributed by atoms with Gasteiger partial charge in [-0.2, -0.15) is 18.3 Å². The summed E-state index contributed by atoms with van der Waals surface area (Å²) in [6.45, 7) is 1.66. The van der Waals surface area contributed by atoms with E-state index in [2.05, 4.69) is 5.10 Å². The Hall–Kier alpha value is -3.20. The van der Waals surface area contributed by atoms with E-state index in [-0.39, 0.29) is 5.56 Å². The van der Waals surface area contributed by atoms with Crippen molar-refractivity contribution >= 4 is 18.0 Å². The van der Waals surface area contributed by atoms with Crippen LogP contribution in [0.2, 0.25) is 0 Å². The summed E-state index contributed by atoms with van der Waals surface area (Å²) < 4.78 is 38.7. The highest BCUT2D eigenvalue weighted by Crippen LogP contribution is 2.31. The van der Waals surface area contributed by atoms with E-state index < -0.39 is 29.1 Å². The lowest BCUT2D eigenvalue weighted by Crippen LogP contribution is -2.22. The number of carbonyl (C=O) groups is 2. The van der Waals surface area contributed by atoms with Gasteiger partial charge in [-0.1, -0.05) is 18.2 Å². The second-order valence-corrected chi connectivity index (χ2v) is 5.25. The van der Waals surface area contributed by atoms with Crippen molar-refractivity contribution in [2.45, 2.75) is 13.1 Å². The number of halogens is 3. The number of hydrazone groups is 1. The lowest BCUT2D eigenvalue weighted by atomic mass is 10.1. The Morgan fingerprint density at radius 2 is 1.81 bits per heavy atom. The van der Waals surface area contributed by atoms with Crippen LogP contribution in [0.25, 0.3) is 0 Å². The summed E-state index contributed by atoms with van der Waals surface area (Å²) in [5, 5.41) is 12.2. The summed E-state index contributed by atoms with van der Waals surface area (Å²) >= 11 is 0. The molecule has 6 nitrogen and oxygen atoms in total. The van der Waals surface area contributed by atoms with Gasteiger partial charge in [-0.15, -0.1) is 0 Å². The van der Waals surface area contributed by atoms with E-state index in [9.17, 15) is 22.8 Å². The molecule has 0 unspecified atom stereocenters. The van der Waals surface area contributed by atoms with Gasteiger partial charge in [0.05, 0.1) is 17.3 Å². The van der Waals surface area contributed by atoms with E-state index in [0.717, 1.165) is 12.1 Å². The number of amides is 2. The van der Waals surface area contributed by atoms with Crippen molar-refractivity contribution < 1.29 is 28.0 Å². The average Bonchev–Trinajstić information content (AvgIpc) is 2.61. The maximum absolute atomic E-state index is 12.9. The molecule has 9 heteroatoms. The Bertz CT molecular complexity index is 864. The lowest BCUT2D eigenvalue weighted by molar-refractivity contribution is -0.137. The summed E-state index contributed by atoms with van der Waals surface area (Å²) in [7, 11) is 0. The number of hydrogen-bond donors (Lipinski definition) is 3. The van der Waals surface area contributed by atoms with Crippen LogP contribution in [0, 0.1) is 6.92 Å². The molecule has 0 radical (unpaired) electrons. The molecular weight excluding hydrogens is 351 g/mol. The molecule has 136 valence electrons. The van der Waals surface area contributed by atoms with Gasteiger partial charge in [0.1, 0.15) is 0 Å². The van der Waals surface area contributed by atoms with Gasteiger partial charge in [-0.05, 0) is 42.3 Å². The van der Waals surface area contributed by atoms with Gasteiger partial charge in [-0.25, -0.2) is 10.9 Å². The van der Waals surface area contributed by atoms with Gasteiger partial charge in [-0.3, -0.25) is 14.8 Å². The Morgan fingerprint density at radius 1 is 1.12 bits per heavy atom. The number of nitrogens with zero attached hydrogens (tertiary/aromatic N) is 1.